The summed E-state index contributed by atoms with van der Waals surface area (Å²) in [4.78, 5) is -0.380. The van der Waals surface area contributed by atoms with E-state index in [4.69, 9.17) is 0 Å². The number of halogens is 1. The van der Waals surface area contributed by atoms with Crippen LogP contribution in [0.25, 0.3) is 0 Å². The maximum atomic E-state index is 13.6. The Hall–Kier alpha value is -0.980. The molecule has 1 atom stereocenters. The number of nitrogens with one attached hydrogen (secondary N) is 1. The standard InChI is InChI=1S/C14H22FNO3S/c1-4-11(5-2)13(17)9-16-20(18,19)14-8-10(3)6-7-12(14)15/h6-8,11,13,16-17H,4-5,9H2,1-3H3. The summed E-state index contributed by atoms with van der Waals surface area (Å²) in [6, 6.07) is 3.91. The zero-order valence-electron chi connectivity index (χ0n) is 12.1. The molecule has 0 aliphatic rings. The van der Waals surface area contributed by atoms with Crippen LogP contribution in [-0.2, 0) is 10.0 Å². The summed E-state index contributed by atoms with van der Waals surface area (Å²) >= 11 is 0. The average molecular weight is 303 g/mol. The van der Waals surface area contributed by atoms with Crippen LogP contribution >= 0.6 is 0 Å². The van der Waals surface area contributed by atoms with Gasteiger partial charge in [0.05, 0.1) is 6.10 Å². The van der Waals surface area contributed by atoms with E-state index in [-0.39, 0.29) is 17.4 Å². The van der Waals surface area contributed by atoms with Crippen LogP contribution in [0.3, 0.4) is 0 Å². The molecule has 0 bridgehead atoms. The molecule has 4 nitrogen and oxygen atoms in total. The van der Waals surface area contributed by atoms with Crippen molar-refractivity contribution in [2.75, 3.05) is 6.54 Å². The molecule has 1 unspecified atom stereocenters. The molecule has 0 aliphatic heterocycles. The Morgan fingerprint density at radius 3 is 2.45 bits per heavy atom. The number of hydrogen-bond donors (Lipinski definition) is 2. The summed E-state index contributed by atoms with van der Waals surface area (Å²) in [5, 5.41) is 9.92. The van der Waals surface area contributed by atoms with Crippen molar-refractivity contribution < 1.29 is 17.9 Å². The number of rotatable bonds is 7. The zero-order chi connectivity index (χ0) is 15.3. The number of aliphatic hydroxyl groups excluding tert-OH is 1. The Morgan fingerprint density at radius 2 is 1.90 bits per heavy atom. The minimum Gasteiger partial charge on any atom is -0.391 e. The lowest BCUT2D eigenvalue weighted by Crippen LogP contribution is -2.36. The van der Waals surface area contributed by atoms with Crippen LogP contribution in [0.5, 0.6) is 0 Å². The second-order valence-corrected chi connectivity index (χ2v) is 6.67. The topological polar surface area (TPSA) is 66.4 Å². The van der Waals surface area contributed by atoms with E-state index in [0.29, 0.717) is 5.56 Å². The first kappa shape index (κ1) is 17.1. The molecule has 0 aliphatic carbocycles. The molecule has 0 radical (unpaired) electrons. The van der Waals surface area contributed by atoms with Crippen LogP contribution in [0, 0.1) is 18.7 Å². The van der Waals surface area contributed by atoms with Gasteiger partial charge in [-0.15, -0.1) is 0 Å². The molecule has 2 N–H and O–H groups in total. The van der Waals surface area contributed by atoms with Gasteiger partial charge in [-0.05, 0) is 30.5 Å². The van der Waals surface area contributed by atoms with Crippen LogP contribution in [0.1, 0.15) is 32.3 Å². The predicted molar refractivity (Wildman–Crippen MR) is 76.4 cm³/mol. The van der Waals surface area contributed by atoms with Gasteiger partial charge in [0.2, 0.25) is 10.0 Å². The summed E-state index contributed by atoms with van der Waals surface area (Å²) in [6.45, 7) is 5.46. The molecule has 0 heterocycles. The van der Waals surface area contributed by atoms with Crippen LogP contribution in [0.4, 0.5) is 4.39 Å². The highest BCUT2D eigenvalue weighted by molar-refractivity contribution is 7.89. The smallest absolute Gasteiger partial charge is 0.243 e. The van der Waals surface area contributed by atoms with E-state index in [9.17, 15) is 17.9 Å². The van der Waals surface area contributed by atoms with Gasteiger partial charge in [-0.2, -0.15) is 0 Å². The molecule has 1 rings (SSSR count). The van der Waals surface area contributed by atoms with Crippen molar-refractivity contribution in [3.05, 3.63) is 29.6 Å². The highest BCUT2D eigenvalue weighted by atomic mass is 32.2. The lowest BCUT2D eigenvalue weighted by Gasteiger charge is -2.20. The minimum atomic E-state index is -3.94. The van der Waals surface area contributed by atoms with Gasteiger partial charge in [-0.3, -0.25) is 0 Å². The number of aryl methyl sites for hydroxylation is 1. The number of sulfonamides is 1. The second kappa shape index (κ2) is 7.15. The molecular formula is C14H22FNO3S. The quantitative estimate of drug-likeness (QED) is 0.811. The van der Waals surface area contributed by atoms with Crippen LogP contribution in [0.15, 0.2) is 23.1 Å². The highest BCUT2D eigenvalue weighted by Crippen LogP contribution is 2.17. The molecule has 6 heteroatoms. The Kier molecular flexibility index (Phi) is 6.10. The lowest BCUT2D eigenvalue weighted by atomic mass is 9.97. The fraction of sp³-hybridized carbons (Fsp3) is 0.571. The molecule has 20 heavy (non-hydrogen) atoms. The average Bonchev–Trinajstić information content (AvgIpc) is 2.40. The fourth-order valence-corrected chi connectivity index (χ4v) is 3.30. The van der Waals surface area contributed by atoms with Gasteiger partial charge in [-0.25, -0.2) is 17.5 Å². The van der Waals surface area contributed by atoms with Crippen molar-refractivity contribution in [1.29, 1.82) is 0 Å². The maximum Gasteiger partial charge on any atom is 0.243 e. The highest BCUT2D eigenvalue weighted by Gasteiger charge is 2.22. The summed E-state index contributed by atoms with van der Waals surface area (Å²) in [6.07, 6.45) is 0.754. The molecular weight excluding hydrogens is 281 g/mol. The molecule has 0 saturated heterocycles. The van der Waals surface area contributed by atoms with Gasteiger partial charge in [0.1, 0.15) is 10.7 Å². The van der Waals surface area contributed by atoms with Crippen molar-refractivity contribution in [2.24, 2.45) is 5.92 Å². The van der Waals surface area contributed by atoms with Crippen LogP contribution in [0.2, 0.25) is 0 Å². The lowest BCUT2D eigenvalue weighted by molar-refractivity contribution is 0.107. The largest absolute Gasteiger partial charge is 0.391 e. The van der Waals surface area contributed by atoms with Crippen molar-refractivity contribution >= 4 is 10.0 Å². The van der Waals surface area contributed by atoms with Gasteiger partial charge in [0.15, 0.2) is 0 Å². The third kappa shape index (κ3) is 4.26. The molecule has 0 fully saturated rings. The Morgan fingerprint density at radius 1 is 1.30 bits per heavy atom. The number of aliphatic hydroxyl groups is 1. The molecule has 114 valence electrons. The van der Waals surface area contributed by atoms with E-state index < -0.39 is 21.9 Å². The van der Waals surface area contributed by atoms with Crippen molar-refractivity contribution in [3.8, 4) is 0 Å². The van der Waals surface area contributed by atoms with Gasteiger partial charge in [0, 0.05) is 6.54 Å². The van der Waals surface area contributed by atoms with E-state index in [0.717, 1.165) is 18.9 Å². The maximum absolute atomic E-state index is 13.6. The van der Waals surface area contributed by atoms with Gasteiger partial charge < -0.3 is 5.11 Å². The zero-order valence-corrected chi connectivity index (χ0v) is 12.9. The summed E-state index contributed by atoms with van der Waals surface area (Å²) in [7, 11) is -3.94. The van der Waals surface area contributed by atoms with E-state index in [1.807, 2.05) is 13.8 Å². The molecule has 1 aromatic rings. The van der Waals surface area contributed by atoms with Crippen molar-refractivity contribution in [1.82, 2.24) is 4.72 Å². The molecule has 0 aromatic heterocycles. The minimum absolute atomic E-state index is 0.0278. The molecule has 0 amide bonds. The van der Waals surface area contributed by atoms with Gasteiger partial charge in [0.25, 0.3) is 0 Å². The van der Waals surface area contributed by atoms with Gasteiger partial charge >= 0.3 is 0 Å². The third-order valence-electron chi connectivity index (χ3n) is 3.45. The summed E-state index contributed by atoms with van der Waals surface area (Å²) in [5.74, 6) is -0.764. The molecule has 0 saturated carbocycles. The number of hydrogen-bond acceptors (Lipinski definition) is 3. The normalized spacial score (nSPS) is 13.7. The Balaban J connectivity index is 2.83. The first-order valence-corrected chi connectivity index (χ1v) is 8.24. The molecule has 1 aromatic carbocycles. The van der Waals surface area contributed by atoms with E-state index in [1.54, 1.807) is 6.92 Å². The Bertz CT molecular complexity index is 541. The SMILES string of the molecule is CCC(CC)C(O)CNS(=O)(=O)c1cc(C)ccc1F. The summed E-state index contributed by atoms with van der Waals surface area (Å²) < 4.78 is 40.0. The van der Waals surface area contributed by atoms with Gasteiger partial charge in [-0.1, -0.05) is 32.8 Å². The molecule has 0 spiro atoms. The van der Waals surface area contributed by atoms with E-state index >= 15 is 0 Å². The van der Waals surface area contributed by atoms with Crippen molar-refractivity contribution in [3.63, 3.8) is 0 Å². The third-order valence-corrected chi connectivity index (χ3v) is 4.89. The predicted octanol–water partition coefficient (Wildman–Crippen LogP) is 2.21. The van der Waals surface area contributed by atoms with Crippen LogP contribution in [-0.4, -0.2) is 26.2 Å². The first-order chi connectivity index (χ1) is 9.31. The summed E-state index contributed by atoms with van der Waals surface area (Å²) in [5.41, 5.74) is 0.660. The van der Waals surface area contributed by atoms with Crippen molar-refractivity contribution in [2.45, 2.75) is 44.6 Å². The van der Waals surface area contributed by atoms with Crippen LogP contribution < -0.4 is 4.72 Å². The first-order valence-electron chi connectivity index (χ1n) is 6.75. The second-order valence-electron chi connectivity index (χ2n) is 4.93. The monoisotopic (exact) mass is 303 g/mol. The Labute approximate surface area is 120 Å². The number of benzene rings is 1. The van der Waals surface area contributed by atoms with E-state index in [2.05, 4.69) is 4.72 Å². The fourth-order valence-electron chi connectivity index (χ4n) is 2.09. The van der Waals surface area contributed by atoms with E-state index in [1.165, 1.54) is 12.1 Å².